The lowest BCUT2D eigenvalue weighted by atomic mass is 10.2. The van der Waals surface area contributed by atoms with Crippen molar-refractivity contribution in [3.63, 3.8) is 0 Å². The Morgan fingerprint density at radius 3 is 2.92 bits per heavy atom. The number of ether oxygens (including phenoxy) is 1. The van der Waals surface area contributed by atoms with Gasteiger partial charge in [-0.1, -0.05) is 6.92 Å². The van der Waals surface area contributed by atoms with Crippen molar-refractivity contribution in [2.75, 3.05) is 12.3 Å². The maximum absolute atomic E-state index is 10.3. The zero-order valence-corrected chi connectivity index (χ0v) is 7.49. The van der Waals surface area contributed by atoms with Gasteiger partial charge in [0.1, 0.15) is 11.4 Å². The number of nitrogens with zero attached hydrogens (tertiary/aromatic N) is 1. The van der Waals surface area contributed by atoms with Gasteiger partial charge in [-0.25, -0.2) is 0 Å². The lowest BCUT2D eigenvalue weighted by Crippen LogP contribution is -1.95. The van der Waals surface area contributed by atoms with E-state index in [9.17, 15) is 4.91 Å². The Balaban J connectivity index is 2.80. The summed E-state index contributed by atoms with van der Waals surface area (Å²) in [6.07, 6.45) is 0.925. The van der Waals surface area contributed by atoms with Crippen molar-refractivity contribution in [1.29, 1.82) is 0 Å². The Kier molecular flexibility index (Phi) is 3.25. The average molecular weight is 180 g/mol. The molecular weight excluding hydrogens is 168 g/mol. The van der Waals surface area contributed by atoms with Crippen molar-refractivity contribution in [2.45, 2.75) is 13.3 Å². The Labute approximate surface area is 76.7 Å². The summed E-state index contributed by atoms with van der Waals surface area (Å²) in [5, 5.41) is 2.78. The summed E-state index contributed by atoms with van der Waals surface area (Å²) < 4.78 is 5.30. The summed E-state index contributed by atoms with van der Waals surface area (Å²) in [6, 6.07) is 4.87. The molecule has 70 valence electrons. The summed E-state index contributed by atoms with van der Waals surface area (Å²) in [5.74, 6) is 0.630. The minimum atomic E-state index is 0.230. The predicted octanol–water partition coefficient (Wildman–Crippen LogP) is 2.46. The molecule has 0 aliphatic heterocycles. The van der Waals surface area contributed by atoms with Crippen LogP contribution in [0.4, 0.5) is 11.4 Å². The molecule has 1 rings (SSSR count). The first kappa shape index (κ1) is 9.51. The highest BCUT2D eigenvalue weighted by molar-refractivity contribution is 5.64. The summed E-state index contributed by atoms with van der Waals surface area (Å²) in [4.78, 5) is 10.3. The van der Waals surface area contributed by atoms with Gasteiger partial charge in [-0.05, 0) is 23.7 Å². The fourth-order valence-corrected chi connectivity index (χ4v) is 0.912. The molecule has 0 heterocycles. The van der Waals surface area contributed by atoms with Crippen LogP contribution in [0.15, 0.2) is 23.4 Å². The van der Waals surface area contributed by atoms with Gasteiger partial charge in [-0.3, -0.25) is 0 Å². The number of benzene rings is 1. The highest BCUT2D eigenvalue weighted by atomic mass is 16.5. The van der Waals surface area contributed by atoms with Crippen molar-refractivity contribution in [3.05, 3.63) is 23.1 Å². The van der Waals surface area contributed by atoms with E-state index in [1.54, 1.807) is 12.1 Å². The second-order valence-electron chi connectivity index (χ2n) is 2.66. The van der Waals surface area contributed by atoms with Crippen LogP contribution < -0.4 is 10.5 Å². The van der Waals surface area contributed by atoms with E-state index in [0.717, 1.165) is 6.42 Å². The average Bonchev–Trinajstić information content (AvgIpc) is 2.16. The second-order valence-corrected chi connectivity index (χ2v) is 2.66. The maximum atomic E-state index is 10.3. The number of anilines is 1. The number of rotatable bonds is 4. The Morgan fingerprint density at radius 2 is 2.31 bits per heavy atom. The van der Waals surface area contributed by atoms with Crippen molar-refractivity contribution in [2.24, 2.45) is 5.18 Å². The van der Waals surface area contributed by atoms with E-state index in [0.29, 0.717) is 18.0 Å². The zero-order valence-electron chi connectivity index (χ0n) is 7.49. The number of nitrogens with two attached hydrogens (primary N) is 1. The number of nitroso groups, excluding NO2 is 1. The van der Waals surface area contributed by atoms with E-state index >= 15 is 0 Å². The highest BCUT2D eigenvalue weighted by Crippen LogP contribution is 2.26. The smallest absolute Gasteiger partial charge is 0.134 e. The van der Waals surface area contributed by atoms with Gasteiger partial charge >= 0.3 is 0 Å². The molecule has 1 aromatic carbocycles. The number of nitrogen functional groups attached to an aromatic ring is 1. The third-order valence-corrected chi connectivity index (χ3v) is 1.57. The van der Waals surface area contributed by atoms with Crippen molar-refractivity contribution in [1.82, 2.24) is 0 Å². The molecule has 0 fully saturated rings. The van der Waals surface area contributed by atoms with Gasteiger partial charge in [-0.15, -0.1) is 4.91 Å². The van der Waals surface area contributed by atoms with Gasteiger partial charge in [0.05, 0.1) is 12.3 Å². The first-order chi connectivity index (χ1) is 6.27. The fourth-order valence-electron chi connectivity index (χ4n) is 0.912. The van der Waals surface area contributed by atoms with Crippen LogP contribution in [-0.4, -0.2) is 6.61 Å². The van der Waals surface area contributed by atoms with Gasteiger partial charge in [0.15, 0.2) is 0 Å². The van der Waals surface area contributed by atoms with Crippen molar-refractivity contribution >= 4 is 11.4 Å². The van der Waals surface area contributed by atoms with Crippen LogP contribution in [0.2, 0.25) is 0 Å². The van der Waals surface area contributed by atoms with Gasteiger partial charge in [0.25, 0.3) is 0 Å². The van der Waals surface area contributed by atoms with E-state index in [4.69, 9.17) is 10.5 Å². The van der Waals surface area contributed by atoms with Crippen LogP contribution in [0.25, 0.3) is 0 Å². The Morgan fingerprint density at radius 1 is 1.54 bits per heavy atom. The first-order valence-electron chi connectivity index (χ1n) is 4.13. The number of hydrogen-bond donors (Lipinski definition) is 1. The Bertz CT molecular complexity index is 300. The third-order valence-electron chi connectivity index (χ3n) is 1.57. The van der Waals surface area contributed by atoms with Crippen LogP contribution in [-0.2, 0) is 0 Å². The molecule has 4 heteroatoms. The van der Waals surface area contributed by atoms with E-state index in [2.05, 4.69) is 5.18 Å². The lowest BCUT2D eigenvalue weighted by Gasteiger charge is -2.05. The number of hydrogen-bond acceptors (Lipinski definition) is 4. The summed E-state index contributed by atoms with van der Waals surface area (Å²) >= 11 is 0. The minimum Gasteiger partial charge on any atom is -0.494 e. The van der Waals surface area contributed by atoms with Crippen LogP contribution in [0.5, 0.6) is 5.75 Å². The Hall–Kier alpha value is -1.58. The van der Waals surface area contributed by atoms with Crippen molar-refractivity contribution < 1.29 is 4.74 Å². The molecule has 0 atom stereocenters. The monoisotopic (exact) mass is 180 g/mol. The van der Waals surface area contributed by atoms with E-state index in [-0.39, 0.29) is 5.69 Å². The molecular formula is C9H12N2O2. The molecule has 2 N–H and O–H groups in total. The molecule has 0 unspecified atom stereocenters. The third kappa shape index (κ3) is 2.43. The van der Waals surface area contributed by atoms with Crippen LogP contribution in [0.3, 0.4) is 0 Å². The summed E-state index contributed by atoms with van der Waals surface area (Å²) in [7, 11) is 0. The molecule has 0 bridgehead atoms. The van der Waals surface area contributed by atoms with Gasteiger partial charge in [0.2, 0.25) is 0 Å². The van der Waals surface area contributed by atoms with E-state index in [1.165, 1.54) is 6.07 Å². The van der Waals surface area contributed by atoms with Gasteiger partial charge in [0, 0.05) is 6.07 Å². The fraction of sp³-hybridized carbons (Fsp3) is 0.333. The predicted molar refractivity (Wildman–Crippen MR) is 52.1 cm³/mol. The molecule has 1 aromatic rings. The molecule has 0 saturated heterocycles. The quantitative estimate of drug-likeness (QED) is 0.571. The second kappa shape index (κ2) is 4.45. The molecule has 0 aromatic heterocycles. The molecule has 0 saturated carbocycles. The standard InChI is InChI=1S/C9H12N2O2/c1-2-5-13-7-3-4-8(10)9(6-7)11-12/h3-4,6H,2,5,10H2,1H3. The highest BCUT2D eigenvalue weighted by Gasteiger charge is 2.01. The molecule has 0 radical (unpaired) electrons. The van der Waals surface area contributed by atoms with Gasteiger partial charge < -0.3 is 10.5 Å². The molecule has 0 amide bonds. The van der Waals surface area contributed by atoms with E-state index in [1.807, 2.05) is 6.92 Å². The van der Waals surface area contributed by atoms with E-state index < -0.39 is 0 Å². The topological polar surface area (TPSA) is 64.7 Å². The SMILES string of the molecule is CCCOc1ccc(N)c(N=O)c1. The van der Waals surface area contributed by atoms with Crippen LogP contribution >= 0.6 is 0 Å². The minimum absolute atomic E-state index is 0.230. The lowest BCUT2D eigenvalue weighted by molar-refractivity contribution is 0.317. The van der Waals surface area contributed by atoms with Gasteiger partial charge in [-0.2, -0.15) is 0 Å². The van der Waals surface area contributed by atoms with Crippen LogP contribution in [0, 0.1) is 4.91 Å². The van der Waals surface area contributed by atoms with Crippen molar-refractivity contribution in [3.8, 4) is 5.75 Å². The molecule has 0 aliphatic rings. The molecule has 13 heavy (non-hydrogen) atoms. The maximum Gasteiger partial charge on any atom is 0.134 e. The zero-order chi connectivity index (χ0) is 9.68. The normalized spacial score (nSPS) is 9.62. The molecule has 4 nitrogen and oxygen atoms in total. The largest absolute Gasteiger partial charge is 0.494 e. The molecule has 0 spiro atoms. The summed E-state index contributed by atoms with van der Waals surface area (Å²) in [6.45, 7) is 2.64. The van der Waals surface area contributed by atoms with Crippen LogP contribution in [0.1, 0.15) is 13.3 Å². The first-order valence-corrected chi connectivity index (χ1v) is 4.13. The summed E-state index contributed by atoms with van der Waals surface area (Å²) in [5.41, 5.74) is 6.08. The molecule has 0 aliphatic carbocycles.